The van der Waals surface area contributed by atoms with E-state index in [9.17, 15) is 38.7 Å². The molecule has 0 saturated heterocycles. The monoisotopic (exact) mass is 893 g/mol. The third-order valence-electron chi connectivity index (χ3n) is 10.3. The number of phenolic OH excluding ortho intramolecular Hbond substituents is 1. The molecule has 7 amide bonds. The van der Waals surface area contributed by atoms with Crippen LogP contribution in [0.2, 0.25) is 0 Å². The van der Waals surface area contributed by atoms with Gasteiger partial charge < -0.3 is 48.5 Å². The number of nitrogens with one attached hydrogen (secondary N) is 6. The molecule has 0 radical (unpaired) electrons. The lowest BCUT2D eigenvalue weighted by atomic mass is 10.0. The van der Waals surface area contributed by atoms with Gasteiger partial charge in [0.1, 0.15) is 17.8 Å². The highest BCUT2D eigenvalue weighted by molar-refractivity contribution is 6.12. The number of aromatic nitrogens is 4. The normalized spacial score (nSPS) is 13.6. The van der Waals surface area contributed by atoms with Gasteiger partial charge in [-0.2, -0.15) is 9.97 Å². The van der Waals surface area contributed by atoms with E-state index < -0.39 is 29.8 Å². The molecule has 0 aliphatic carbocycles. The van der Waals surface area contributed by atoms with Gasteiger partial charge in [0, 0.05) is 60.7 Å². The van der Waals surface area contributed by atoms with E-state index >= 15 is 0 Å². The van der Waals surface area contributed by atoms with Gasteiger partial charge in [0.05, 0.1) is 24.0 Å². The largest absolute Gasteiger partial charge is 0.507 e. The summed E-state index contributed by atoms with van der Waals surface area (Å²) in [5, 5.41) is 27.5. The molecule has 4 aromatic rings. The van der Waals surface area contributed by atoms with Gasteiger partial charge in [0.25, 0.3) is 23.6 Å². The summed E-state index contributed by atoms with van der Waals surface area (Å²) in [6, 6.07) is 8.82. The number of anilines is 4. The Hall–Kier alpha value is -7.71. The van der Waals surface area contributed by atoms with Crippen molar-refractivity contribution in [2.45, 2.75) is 90.9 Å². The van der Waals surface area contributed by atoms with E-state index in [0.29, 0.717) is 61.1 Å². The first-order valence-electron chi connectivity index (χ1n) is 21.2. The first-order chi connectivity index (χ1) is 31.0. The van der Waals surface area contributed by atoms with Crippen molar-refractivity contribution in [1.29, 1.82) is 0 Å². The number of unbranched alkanes of at least 4 members (excludes halogenated alkanes) is 2. The lowest BCUT2D eigenvalue weighted by molar-refractivity contribution is -0.137. The summed E-state index contributed by atoms with van der Waals surface area (Å²) in [7, 11) is 0. The average molecular weight is 894 g/mol. The molecule has 3 atom stereocenters. The van der Waals surface area contributed by atoms with E-state index in [0.717, 1.165) is 10.6 Å². The summed E-state index contributed by atoms with van der Waals surface area (Å²) in [5.74, 6) is -3.49. The minimum atomic E-state index is -1.02. The molecule has 0 spiro atoms. The number of carbonyl (C=O) groups is 7. The molecule has 0 bridgehead atoms. The van der Waals surface area contributed by atoms with Crippen LogP contribution in [0.25, 0.3) is 11.2 Å². The van der Waals surface area contributed by atoms with E-state index in [1.807, 2.05) is 6.92 Å². The molecule has 1 aliphatic heterocycles. The first kappa shape index (κ1) is 48.3. The molecule has 1 aliphatic rings. The number of nitrogens with two attached hydrogens (primary N) is 2. The van der Waals surface area contributed by atoms with Gasteiger partial charge >= 0.3 is 0 Å². The van der Waals surface area contributed by atoms with Gasteiger partial charge in [0.2, 0.25) is 23.7 Å². The number of hydrogen-bond donors (Lipinski definition) is 9. The van der Waals surface area contributed by atoms with Crippen LogP contribution in [0, 0.1) is 5.92 Å². The first-order valence-corrected chi connectivity index (χ1v) is 21.2. The molecule has 2 aromatic heterocycles. The summed E-state index contributed by atoms with van der Waals surface area (Å²) in [6.45, 7) is 7.72. The lowest BCUT2D eigenvalue weighted by Gasteiger charge is -2.24. The van der Waals surface area contributed by atoms with Crippen molar-refractivity contribution in [3.63, 3.8) is 0 Å². The number of carbonyl (C=O) groups excluding carboxylic acids is 7. The number of aromatic hydroxyl groups is 1. The summed E-state index contributed by atoms with van der Waals surface area (Å²) in [6.07, 6.45) is 6.87. The summed E-state index contributed by atoms with van der Waals surface area (Å²) in [4.78, 5) is 106. The van der Waals surface area contributed by atoms with Gasteiger partial charge in [-0.1, -0.05) is 20.3 Å². The van der Waals surface area contributed by atoms with E-state index in [1.54, 1.807) is 44.3 Å². The maximum absolute atomic E-state index is 13.1. The van der Waals surface area contributed by atoms with Gasteiger partial charge in [-0.25, -0.2) is 9.97 Å². The number of hydrogen-bond acceptors (Lipinski definition) is 15. The Kier molecular flexibility index (Phi) is 16.8. The Morgan fingerprint density at radius 2 is 1.49 bits per heavy atom. The van der Waals surface area contributed by atoms with E-state index in [4.69, 9.17) is 11.5 Å². The van der Waals surface area contributed by atoms with Gasteiger partial charge in [-0.15, -0.1) is 0 Å². The Morgan fingerprint density at radius 3 is 2.18 bits per heavy atom. The van der Waals surface area contributed by atoms with Gasteiger partial charge in [-0.3, -0.25) is 38.5 Å². The maximum atomic E-state index is 13.1. The summed E-state index contributed by atoms with van der Waals surface area (Å²) < 4.78 is 0. The van der Waals surface area contributed by atoms with Crippen molar-refractivity contribution in [3.05, 3.63) is 77.6 Å². The summed E-state index contributed by atoms with van der Waals surface area (Å²) >= 11 is 0. The Balaban J connectivity index is 0.975. The zero-order valence-electron chi connectivity index (χ0n) is 36.6. The van der Waals surface area contributed by atoms with E-state index in [2.05, 4.69) is 51.8 Å². The highest BCUT2D eigenvalue weighted by Gasteiger charge is 2.27. The molecule has 5 rings (SSSR count). The molecule has 11 N–H and O–H groups in total. The van der Waals surface area contributed by atoms with Crippen LogP contribution < -0.4 is 43.4 Å². The van der Waals surface area contributed by atoms with Crippen LogP contribution in [0.15, 0.2) is 60.8 Å². The molecule has 65 heavy (non-hydrogen) atoms. The SMILES string of the molecule is CC(C)[C@H](NC(=O)CCCCCN1C(=O)C=CC1=O)C(=O)N[C@@H](C)C(=O)Nc1ccc(C(=O)NCCC[C@@H](C)NC(=O)c2ccc(NCc3cnc4nc(N)nc(N)c4n3)cc2)c(O)c1. The third kappa shape index (κ3) is 13.9. The van der Waals surface area contributed by atoms with Crippen LogP contribution in [0.1, 0.15) is 92.6 Å². The maximum Gasteiger partial charge on any atom is 0.255 e. The minimum absolute atomic E-state index is 0.0108. The Bertz CT molecular complexity index is 2430. The van der Waals surface area contributed by atoms with E-state index in [-0.39, 0.29) is 83.9 Å². The topological polar surface area (TPSA) is 319 Å². The molecular formula is C44H55N13O8. The lowest BCUT2D eigenvalue weighted by Crippen LogP contribution is -2.53. The fraction of sp³-hybridized carbons (Fsp3) is 0.386. The number of nitrogens with zero attached hydrogens (tertiary/aromatic N) is 5. The molecule has 344 valence electrons. The smallest absolute Gasteiger partial charge is 0.255 e. The molecule has 21 heteroatoms. The van der Waals surface area contributed by atoms with Crippen molar-refractivity contribution in [2.24, 2.45) is 5.92 Å². The quantitative estimate of drug-likeness (QED) is 0.0404. The molecule has 3 heterocycles. The van der Waals surface area contributed by atoms with Gasteiger partial charge in [-0.05, 0) is 81.8 Å². The zero-order chi connectivity index (χ0) is 47.2. The number of phenols is 1. The molecular weight excluding hydrogens is 839 g/mol. The van der Waals surface area contributed by atoms with Crippen molar-refractivity contribution >= 4 is 75.7 Å². The fourth-order valence-corrected chi connectivity index (χ4v) is 6.67. The second kappa shape index (κ2) is 22.6. The van der Waals surface area contributed by atoms with Crippen LogP contribution in [0.4, 0.5) is 23.1 Å². The van der Waals surface area contributed by atoms with Crippen LogP contribution in [-0.2, 0) is 30.5 Å². The predicted octanol–water partition coefficient (Wildman–Crippen LogP) is 2.30. The van der Waals surface area contributed by atoms with Crippen molar-refractivity contribution in [3.8, 4) is 5.75 Å². The number of amides is 7. The summed E-state index contributed by atoms with van der Waals surface area (Å²) in [5.41, 5.74) is 14.2. The van der Waals surface area contributed by atoms with Gasteiger partial charge in [0.15, 0.2) is 17.0 Å². The van der Waals surface area contributed by atoms with E-state index in [1.165, 1.54) is 37.3 Å². The molecule has 0 saturated carbocycles. The Labute approximate surface area is 375 Å². The highest BCUT2D eigenvalue weighted by atomic mass is 16.3. The predicted molar refractivity (Wildman–Crippen MR) is 242 cm³/mol. The van der Waals surface area contributed by atoms with Crippen molar-refractivity contribution in [1.82, 2.24) is 46.1 Å². The second-order valence-electron chi connectivity index (χ2n) is 15.9. The zero-order valence-corrected chi connectivity index (χ0v) is 36.6. The Morgan fingerprint density at radius 1 is 0.785 bits per heavy atom. The molecule has 0 unspecified atom stereocenters. The average Bonchev–Trinajstić information content (AvgIpc) is 3.58. The molecule has 0 fully saturated rings. The van der Waals surface area contributed by atoms with Crippen LogP contribution >= 0.6 is 0 Å². The minimum Gasteiger partial charge on any atom is -0.507 e. The van der Waals surface area contributed by atoms with Crippen LogP contribution in [0.5, 0.6) is 5.75 Å². The highest BCUT2D eigenvalue weighted by Crippen LogP contribution is 2.23. The number of imide groups is 1. The number of nitrogen functional groups attached to an aromatic ring is 2. The van der Waals surface area contributed by atoms with Crippen LogP contribution in [0.3, 0.4) is 0 Å². The third-order valence-corrected chi connectivity index (χ3v) is 10.3. The standard InChI is InChI=1S/C44H55N13O8/c1-24(2)36(54-33(59)10-6-5-7-20-57-34(60)17-18-35(57)61)43(65)51-26(4)40(62)53-29-15-16-31(32(58)21-29)42(64)47-19-8-9-25(3)50-41(63)27-11-13-28(14-12-27)48-22-30-23-49-39-37(52-30)38(45)55-44(46)56-39/h11-18,21,23-26,36,48,58H,5-10,19-20,22H2,1-4H3,(H,47,64)(H,50,63)(H,51,65)(H,53,62)(H,54,59)(H4,45,46,49,55,56)/t25-,26+,36+/m1/s1. The van der Waals surface area contributed by atoms with Crippen molar-refractivity contribution < 1.29 is 38.7 Å². The molecule has 2 aromatic carbocycles. The second-order valence-corrected chi connectivity index (χ2v) is 15.9. The van der Waals surface area contributed by atoms with Crippen molar-refractivity contribution in [2.75, 3.05) is 35.2 Å². The van der Waals surface area contributed by atoms with Crippen LogP contribution in [-0.4, -0.2) is 103 Å². The number of benzene rings is 2. The molecule has 21 nitrogen and oxygen atoms in total. The number of fused-ring (bicyclic) bond motifs is 1. The fourth-order valence-electron chi connectivity index (χ4n) is 6.67. The number of rotatable bonds is 22.